The number of benzene rings is 2. The number of aromatic nitrogens is 2. The summed E-state index contributed by atoms with van der Waals surface area (Å²) < 4.78 is 0. The van der Waals surface area contributed by atoms with Crippen molar-refractivity contribution >= 4 is 34.8 Å². The number of aromatic amines is 1. The number of nitrogens with zero attached hydrogens (tertiary/aromatic N) is 2. The van der Waals surface area contributed by atoms with Crippen LogP contribution in [0.4, 0.5) is 11.4 Å². The molecule has 2 aromatic carbocycles. The van der Waals surface area contributed by atoms with Crippen LogP contribution >= 0.6 is 0 Å². The second-order valence-electron chi connectivity index (χ2n) is 5.93. The second kappa shape index (κ2) is 6.61. The number of fused-ring (bicyclic) bond motifs is 1. The van der Waals surface area contributed by atoms with E-state index in [-0.39, 0.29) is 11.8 Å². The van der Waals surface area contributed by atoms with Gasteiger partial charge < -0.3 is 15.6 Å². The van der Waals surface area contributed by atoms with Gasteiger partial charge in [-0.25, -0.2) is 4.98 Å². The Labute approximate surface area is 154 Å². The van der Waals surface area contributed by atoms with E-state index in [1.54, 1.807) is 48.7 Å². The van der Waals surface area contributed by atoms with Gasteiger partial charge >= 0.3 is 0 Å². The van der Waals surface area contributed by atoms with Crippen molar-refractivity contribution in [1.29, 1.82) is 5.26 Å². The van der Waals surface area contributed by atoms with Gasteiger partial charge in [0.1, 0.15) is 0 Å². The van der Waals surface area contributed by atoms with Crippen molar-refractivity contribution in [3.63, 3.8) is 0 Å². The molecule has 0 unspecified atom stereocenters. The highest BCUT2D eigenvalue weighted by atomic mass is 16.2. The van der Waals surface area contributed by atoms with Crippen molar-refractivity contribution in [3.8, 4) is 6.07 Å². The standard InChI is InChI=1S/C20H13N5O2/c21-9-12-2-1-3-13(6-12)19(26)24-14-4-5-18-16(7-14)17(20(27)25-18)8-15-10-22-11-23-15/h1-8,10-11H,(H,22,23)(H,24,26)(H,25,27). The number of nitrogens with one attached hydrogen (secondary N) is 3. The monoisotopic (exact) mass is 355 g/mol. The summed E-state index contributed by atoms with van der Waals surface area (Å²) in [5, 5.41) is 14.6. The van der Waals surface area contributed by atoms with Gasteiger partial charge in [-0.15, -0.1) is 0 Å². The van der Waals surface area contributed by atoms with Crippen LogP contribution in [-0.2, 0) is 4.79 Å². The molecule has 130 valence electrons. The van der Waals surface area contributed by atoms with E-state index < -0.39 is 0 Å². The van der Waals surface area contributed by atoms with Crippen molar-refractivity contribution in [2.45, 2.75) is 0 Å². The molecule has 0 bridgehead atoms. The fraction of sp³-hybridized carbons (Fsp3) is 0. The lowest BCUT2D eigenvalue weighted by molar-refractivity contribution is -0.110. The number of rotatable bonds is 3. The Hall–Kier alpha value is -4.18. The number of carbonyl (C=O) groups excluding carboxylic acids is 2. The van der Waals surface area contributed by atoms with Crippen LogP contribution < -0.4 is 10.6 Å². The Morgan fingerprint density at radius 3 is 2.89 bits per heavy atom. The molecule has 27 heavy (non-hydrogen) atoms. The second-order valence-corrected chi connectivity index (χ2v) is 5.93. The average molecular weight is 355 g/mol. The zero-order valence-electron chi connectivity index (χ0n) is 14.0. The van der Waals surface area contributed by atoms with Crippen molar-refractivity contribution in [2.24, 2.45) is 0 Å². The van der Waals surface area contributed by atoms with Crippen molar-refractivity contribution < 1.29 is 9.59 Å². The first-order valence-electron chi connectivity index (χ1n) is 8.11. The van der Waals surface area contributed by atoms with Crippen LogP contribution in [0.1, 0.15) is 27.2 Å². The molecule has 4 rings (SSSR count). The molecule has 7 heteroatoms. The largest absolute Gasteiger partial charge is 0.345 e. The number of nitriles is 1. The van der Waals surface area contributed by atoms with Crippen molar-refractivity contribution in [3.05, 3.63) is 77.4 Å². The molecule has 0 aliphatic carbocycles. The Bertz CT molecular complexity index is 1120. The lowest BCUT2D eigenvalue weighted by Gasteiger charge is -2.07. The molecule has 0 radical (unpaired) electrons. The summed E-state index contributed by atoms with van der Waals surface area (Å²) in [6.07, 6.45) is 4.86. The molecule has 2 heterocycles. The van der Waals surface area contributed by atoms with Crippen molar-refractivity contribution in [1.82, 2.24) is 9.97 Å². The number of anilines is 2. The molecule has 1 aromatic heterocycles. The first-order chi connectivity index (χ1) is 13.1. The third-order valence-corrected chi connectivity index (χ3v) is 4.13. The average Bonchev–Trinajstić information content (AvgIpc) is 3.30. The van der Waals surface area contributed by atoms with Gasteiger partial charge in [-0.1, -0.05) is 6.07 Å². The summed E-state index contributed by atoms with van der Waals surface area (Å²) >= 11 is 0. The smallest absolute Gasteiger partial charge is 0.256 e. The molecule has 1 aliphatic rings. The molecule has 0 saturated carbocycles. The molecule has 3 aromatic rings. The first kappa shape index (κ1) is 16.3. The third kappa shape index (κ3) is 3.19. The number of carbonyl (C=O) groups is 2. The highest BCUT2D eigenvalue weighted by Gasteiger charge is 2.24. The fourth-order valence-electron chi connectivity index (χ4n) is 2.84. The van der Waals surface area contributed by atoms with Gasteiger partial charge in [0, 0.05) is 22.5 Å². The van der Waals surface area contributed by atoms with Crippen LogP contribution in [0.25, 0.3) is 11.6 Å². The maximum Gasteiger partial charge on any atom is 0.256 e. The number of hydrogen-bond acceptors (Lipinski definition) is 4. The van der Waals surface area contributed by atoms with E-state index in [1.807, 2.05) is 6.07 Å². The quantitative estimate of drug-likeness (QED) is 0.627. The number of imidazole rings is 1. The lowest BCUT2D eigenvalue weighted by Crippen LogP contribution is -2.12. The first-order valence-corrected chi connectivity index (χ1v) is 8.11. The van der Waals surface area contributed by atoms with Crippen LogP contribution in [0.2, 0.25) is 0 Å². The molecule has 2 amide bonds. The Kier molecular flexibility index (Phi) is 3.99. The van der Waals surface area contributed by atoms with Gasteiger partial charge in [0.2, 0.25) is 0 Å². The predicted octanol–water partition coefficient (Wildman–Crippen LogP) is 3.03. The summed E-state index contributed by atoms with van der Waals surface area (Å²) in [7, 11) is 0. The highest BCUT2D eigenvalue weighted by Crippen LogP contribution is 2.35. The molecular formula is C20H13N5O2. The van der Waals surface area contributed by atoms with Crippen LogP contribution in [0.3, 0.4) is 0 Å². The van der Waals surface area contributed by atoms with E-state index in [9.17, 15) is 9.59 Å². The van der Waals surface area contributed by atoms with E-state index in [1.165, 1.54) is 12.4 Å². The summed E-state index contributed by atoms with van der Waals surface area (Å²) in [4.78, 5) is 31.6. The zero-order chi connectivity index (χ0) is 18.8. The number of hydrogen-bond donors (Lipinski definition) is 3. The van der Waals surface area contributed by atoms with E-state index in [4.69, 9.17) is 5.26 Å². The Balaban J connectivity index is 1.63. The number of H-pyrrole nitrogens is 1. The molecule has 0 fully saturated rings. The van der Waals surface area contributed by atoms with Crippen LogP contribution in [0.5, 0.6) is 0 Å². The predicted molar refractivity (Wildman–Crippen MR) is 101 cm³/mol. The molecule has 0 atom stereocenters. The van der Waals surface area contributed by atoms with E-state index in [0.717, 1.165) is 0 Å². The van der Waals surface area contributed by atoms with Gasteiger partial charge in [0.25, 0.3) is 11.8 Å². The summed E-state index contributed by atoms with van der Waals surface area (Å²) in [5.41, 5.74) is 3.90. The van der Waals surface area contributed by atoms with Gasteiger partial charge in [0.15, 0.2) is 0 Å². The maximum atomic E-state index is 12.5. The lowest BCUT2D eigenvalue weighted by atomic mass is 10.0. The zero-order valence-corrected chi connectivity index (χ0v) is 14.0. The van der Waals surface area contributed by atoms with Crippen LogP contribution in [0, 0.1) is 11.3 Å². The topological polar surface area (TPSA) is 111 Å². The summed E-state index contributed by atoms with van der Waals surface area (Å²) in [5.74, 6) is -0.548. The minimum absolute atomic E-state index is 0.218. The van der Waals surface area contributed by atoms with Crippen LogP contribution in [-0.4, -0.2) is 21.8 Å². The summed E-state index contributed by atoms with van der Waals surface area (Å²) in [6, 6.07) is 13.7. The normalized spacial score (nSPS) is 13.7. The molecular weight excluding hydrogens is 342 g/mol. The van der Waals surface area contributed by atoms with Gasteiger partial charge in [-0.2, -0.15) is 5.26 Å². The fourth-order valence-corrected chi connectivity index (χ4v) is 2.84. The Morgan fingerprint density at radius 2 is 2.11 bits per heavy atom. The van der Waals surface area contributed by atoms with Gasteiger partial charge in [-0.05, 0) is 42.5 Å². The van der Waals surface area contributed by atoms with Crippen molar-refractivity contribution in [2.75, 3.05) is 10.6 Å². The third-order valence-electron chi connectivity index (χ3n) is 4.13. The van der Waals surface area contributed by atoms with E-state index >= 15 is 0 Å². The molecule has 7 nitrogen and oxygen atoms in total. The molecule has 3 N–H and O–H groups in total. The maximum absolute atomic E-state index is 12.5. The number of amides is 2. The molecule has 0 saturated heterocycles. The SMILES string of the molecule is N#Cc1cccc(C(=O)Nc2ccc3c(c2)C(=Cc2cnc[nH]2)C(=O)N3)c1. The van der Waals surface area contributed by atoms with Gasteiger partial charge in [0.05, 0.1) is 35.4 Å². The van der Waals surface area contributed by atoms with E-state index in [0.29, 0.717) is 39.3 Å². The van der Waals surface area contributed by atoms with Gasteiger partial charge in [-0.3, -0.25) is 9.59 Å². The van der Waals surface area contributed by atoms with E-state index in [2.05, 4.69) is 20.6 Å². The molecule has 0 spiro atoms. The summed E-state index contributed by atoms with van der Waals surface area (Å²) in [6.45, 7) is 0. The minimum Gasteiger partial charge on any atom is -0.345 e. The minimum atomic E-state index is -0.330. The highest BCUT2D eigenvalue weighted by molar-refractivity contribution is 6.35. The molecule has 1 aliphatic heterocycles. The Morgan fingerprint density at radius 1 is 1.22 bits per heavy atom. The van der Waals surface area contributed by atoms with Crippen LogP contribution in [0.15, 0.2) is 55.0 Å².